The lowest BCUT2D eigenvalue weighted by Gasteiger charge is -2.09. The predicted octanol–water partition coefficient (Wildman–Crippen LogP) is 1.42. The fourth-order valence-electron chi connectivity index (χ4n) is 2.34. The van der Waals surface area contributed by atoms with E-state index in [1.807, 2.05) is 0 Å². The van der Waals surface area contributed by atoms with E-state index in [0.717, 1.165) is 6.07 Å². The summed E-state index contributed by atoms with van der Waals surface area (Å²) in [6.07, 6.45) is 3.26. The van der Waals surface area contributed by atoms with E-state index in [4.69, 9.17) is 11.6 Å². The summed E-state index contributed by atoms with van der Waals surface area (Å²) in [7, 11) is 0. The van der Waals surface area contributed by atoms with Crippen LogP contribution in [0.2, 0.25) is 5.02 Å². The maximum absolute atomic E-state index is 12.3. The summed E-state index contributed by atoms with van der Waals surface area (Å²) in [6, 6.07) is 8.30. The van der Waals surface area contributed by atoms with Crippen LogP contribution in [-0.2, 0) is 6.54 Å². The lowest BCUT2D eigenvalue weighted by Crippen LogP contribution is -2.32. The van der Waals surface area contributed by atoms with Crippen LogP contribution in [0.1, 0.15) is 10.4 Å². The Morgan fingerprint density at radius 3 is 2.81 bits per heavy atom. The number of benzene rings is 1. The molecule has 10 nitrogen and oxygen atoms in total. The molecule has 0 radical (unpaired) electrons. The molecular formula is C16H13ClN6O4. The van der Waals surface area contributed by atoms with Gasteiger partial charge in [0.2, 0.25) is 0 Å². The van der Waals surface area contributed by atoms with Crippen molar-refractivity contribution in [3.8, 4) is 5.82 Å². The summed E-state index contributed by atoms with van der Waals surface area (Å²) < 4.78 is 2.66. The third-order valence-electron chi connectivity index (χ3n) is 3.60. The van der Waals surface area contributed by atoms with Gasteiger partial charge in [0.25, 0.3) is 17.2 Å². The summed E-state index contributed by atoms with van der Waals surface area (Å²) >= 11 is 5.82. The highest BCUT2D eigenvalue weighted by molar-refractivity contribution is 6.31. The zero-order valence-corrected chi connectivity index (χ0v) is 14.5. The van der Waals surface area contributed by atoms with Crippen molar-refractivity contribution in [2.24, 2.45) is 0 Å². The minimum atomic E-state index is -0.666. The first kappa shape index (κ1) is 18.3. The summed E-state index contributed by atoms with van der Waals surface area (Å²) in [6.45, 7) is 0.117. The quantitative estimate of drug-likeness (QED) is 0.503. The van der Waals surface area contributed by atoms with Gasteiger partial charge in [0.05, 0.1) is 11.5 Å². The largest absolute Gasteiger partial charge is 0.350 e. The Hall–Kier alpha value is -3.53. The van der Waals surface area contributed by atoms with Gasteiger partial charge in [-0.15, -0.1) is 5.10 Å². The van der Waals surface area contributed by atoms with Crippen LogP contribution in [-0.4, -0.2) is 36.9 Å². The molecule has 27 heavy (non-hydrogen) atoms. The molecule has 0 bridgehead atoms. The highest BCUT2D eigenvalue weighted by Gasteiger charge is 2.20. The Bertz CT molecular complexity index is 1050. The molecule has 0 aliphatic heterocycles. The molecule has 0 atom stereocenters. The van der Waals surface area contributed by atoms with E-state index < -0.39 is 10.8 Å². The molecule has 2 aromatic heterocycles. The molecule has 2 heterocycles. The Morgan fingerprint density at radius 1 is 1.30 bits per heavy atom. The van der Waals surface area contributed by atoms with Crippen LogP contribution in [0.3, 0.4) is 0 Å². The van der Waals surface area contributed by atoms with Crippen molar-refractivity contribution in [2.45, 2.75) is 6.54 Å². The van der Waals surface area contributed by atoms with E-state index >= 15 is 0 Å². The normalized spacial score (nSPS) is 10.6. The zero-order chi connectivity index (χ0) is 19.4. The number of carbonyl (C=O) groups is 1. The average Bonchev–Trinajstić information content (AvgIpc) is 3.17. The van der Waals surface area contributed by atoms with Crippen LogP contribution < -0.4 is 10.9 Å². The van der Waals surface area contributed by atoms with Crippen molar-refractivity contribution in [3.05, 3.63) is 79.8 Å². The molecular weight excluding hydrogens is 376 g/mol. The smallest absolute Gasteiger partial charge is 0.282 e. The monoisotopic (exact) mass is 388 g/mol. The van der Waals surface area contributed by atoms with Gasteiger partial charge >= 0.3 is 0 Å². The molecule has 3 rings (SSSR count). The maximum Gasteiger partial charge on any atom is 0.282 e. The van der Waals surface area contributed by atoms with Crippen molar-refractivity contribution in [1.29, 1.82) is 0 Å². The summed E-state index contributed by atoms with van der Waals surface area (Å²) in [5.74, 6) is -0.225. The van der Waals surface area contributed by atoms with Crippen LogP contribution in [0.15, 0.2) is 53.6 Å². The second-order valence-corrected chi connectivity index (χ2v) is 5.81. The lowest BCUT2D eigenvalue weighted by atomic mass is 10.1. The molecule has 0 aliphatic carbocycles. The van der Waals surface area contributed by atoms with E-state index in [9.17, 15) is 19.7 Å². The first-order valence-corrected chi connectivity index (χ1v) is 8.14. The van der Waals surface area contributed by atoms with Crippen LogP contribution in [0.5, 0.6) is 0 Å². The number of carbonyl (C=O) groups excluding carboxylic acids is 1. The molecule has 11 heteroatoms. The summed E-state index contributed by atoms with van der Waals surface area (Å²) in [5.41, 5.74) is -0.861. The molecule has 0 saturated heterocycles. The molecule has 1 N–H and O–H groups in total. The van der Waals surface area contributed by atoms with Crippen LogP contribution >= 0.6 is 11.6 Å². The van der Waals surface area contributed by atoms with Crippen LogP contribution in [0, 0.1) is 10.1 Å². The van der Waals surface area contributed by atoms with E-state index in [0.29, 0.717) is 5.82 Å². The van der Waals surface area contributed by atoms with Gasteiger partial charge in [-0.1, -0.05) is 11.6 Å². The fourth-order valence-corrected chi connectivity index (χ4v) is 2.52. The Morgan fingerprint density at radius 2 is 2.11 bits per heavy atom. The molecule has 0 unspecified atom stereocenters. The SMILES string of the molecule is O=C(NCCn1nc(-n2cccn2)ccc1=O)c1cc(Cl)ccc1[N+](=O)[O-]. The second kappa shape index (κ2) is 7.79. The minimum absolute atomic E-state index is 0.0397. The fraction of sp³-hybridized carbons (Fsp3) is 0.125. The summed E-state index contributed by atoms with van der Waals surface area (Å²) in [4.78, 5) is 34.6. The molecule has 1 amide bonds. The standard InChI is InChI=1S/C16H13ClN6O4/c17-11-2-3-13(23(26)27)12(10-11)16(25)18-7-9-22-15(24)5-4-14(20-22)21-8-1-6-19-21/h1-6,8,10H,7,9H2,(H,18,25). The minimum Gasteiger partial charge on any atom is -0.350 e. The molecule has 3 aromatic rings. The van der Waals surface area contributed by atoms with Crippen molar-refractivity contribution < 1.29 is 9.72 Å². The van der Waals surface area contributed by atoms with Crippen LogP contribution in [0.4, 0.5) is 5.69 Å². The van der Waals surface area contributed by atoms with E-state index in [-0.39, 0.29) is 34.9 Å². The number of aromatic nitrogens is 4. The molecule has 0 fully saturated rings. The van der Waals surface area contributed by atoms with E-state index in [1.165, 1.54) is 33.6 Å². The molecule has 0 saturated carbocycles. The average molecular weight is 389 g/mol. The first-order chi connectivity index (χ1) is 13.0. The number of nitrogens with one attached hydrogen (secondary N) is 1. The topological polar surface area (TPSA) is 125 Å². The first-order valence-electron chi connectivity index (χ1n) is 7.76. The Kier molecular flexibility index (Phi) is 5.27. The van der Waals surface area contributed by atoms with Gasteiger partial charge in [-0.2, -0.15) is 5.10 Å². The number of nitro benzene ring substituents is 1. The Balaban J connectivity index is 1.71. The number of hydrogen-bond donors (Lipinski definition) is 1. The van der Waals surface area contributed by atoms with E-state index in [2.05, 4.69) is 15.5 Å². The number of rotatable bonds is 6. The highest BCUT2D eigenvalue weighted by atomic mass is 35.5. The van der Waals surface area contributed by atoms with Crippen molar-refractivity contribution in [3.63, 3.8) is 0 Å². The number of nitro groups is 1. The molecule has 0 aliphatic rings. The van der Waals surface area contributed by atoms with Gasteiger partial charge < -0.3 is 5.32 Å². The maximum atomic E-state index is 12.3. The second-order valence-electron chi connectivity index (χ2n) is 5.38. The van der Waals surface area contributed by atoms with Crippen LogP contribution in [0.25, 0.3) is 5.82 Å². The number of hydrogen-bond acceptors (Lipinski definition) is 6. The molecule has 138 valence electrons. The van der Waals surface area contributed by atoms with Gasteiger partial charge in [-0.3, -0.25) is 19.7 Å². The van der Waals surface area contributed by atoms with Gasteiger partial charge in [0, 0.05) is 36.1 Å². The van der Waals surface area contributed by atoms with Crippen molar-refractivity contribution in [1.82, 2.24) is 24.9 Å². The predicted molar refractivity (Wildman–Crippen MR) is 96.1 cm³/mol. The van der Waals surface area contributed by atoms with Crippen molar-refractivity contribution >= 4 is 23.2 Å². The number of amides is 1. The van der Waals surface area contributed by atoms with Crippen molar-refractivity contribution in [2.75, 3.05) is 6.54 Å². The third kappa shape index (κ3) is 4.18. The zero-order valence-electron chi connectivity index (χ0n) is 13.8. The molecule has 1 aromatic carbocycles. The number of nitrogens with zero attached hydrogens (tertiary/aromatic N) is 5. The third-order valence-corrected chi connectivity index (χ3v) is 3.84. The number of halogens is 1. The summed E-state index contributed by atoms with van der Waals surface area (Å²) in [5, 5.41) is 22.0. The van der Waals surface area contributed by atoms with Gasteiger partial charge in [-0.05, 0) is 24.3 Å². The van der Waals surface area contributed by atoms with E-state index in [1.54, 1.807) is 18.5 Å². The molecule has 0 spiro atoms. The van der Waals surface area contributed by atoms with Gasteiger partial charge in [0.1, 0.15) is 5.56 Å². The lowest BCUT2D eigenvalue weighted by molar-refractivity contribution is -0.385. The van der Waals surface area contributed by atoms with Gasteiger partial charge in [0.15, 0.2) is 5.82 Å². The Labute approximate surface area is 157 Å². The van der Waals surface area contributed by atoms with Gasteiger partial charge in [-0.25, -0.2) is 9.36 Å². The highest BCUT2D eigenvalue weighted by Crippen LogP contribution is 2.22.